The van der Waals surface area contributed by atoms with Gasteiger partial charge in [0.25, 0.3) is 0 Å². The molecule has 110 valence electrons. The number of aliphatic hydroxyl groups excluding tert-OH is 1. The highest BCUT2D eigenvalue weighted by Crippen LogP contribution is 2.43. The number of carbonyl (C=O) groups is 1. The van der Waals surface area contributed by atoms with Crippen LogP contribution in [0.25, 0.3) is 0 Å². The molecule has 0 aliphatic heterocycles. The van der Waals surface area contributed by atoms with Gasteiger partial charge in [-0.1, -0.05) is 30.5 Å². The molecule has 4 nitrogen and oxygen atoms in total. The van der Waals surface area contributed by atoms with Gasteiger partial charge in [-0.05, 0) is 38.3 Å². The highest BCUT2D eigenvalue weighted by Gasteiger charge is 2.43. The van der Waals surface area contributed by atoms with Gasteiger partial charge in [0.05, 0.1) is 5.69 Å². The van der Waals surface area contributed by atoms with Gasteiger partial charge in [0.1, 0.15) is 5.76 Å². The van der Waals surface area contributed by atoms with Gasteiger partial charge in [-0.15, -0.1) is 5.11 Å². The Hall–Kier alpha value is -1.97. The Morgan fingerprint density at radius 3 is 2.48 bits per heavy atom. The monoisotopic (exact) mass is 284 g/mol. The summed E-state index contributed by atoms with van der Waals surface area (Å²) in [5.74, 6) is 0.00931. The number of aliphatic hydroxyl groups is 1. The molecule has 2 aliphatic rings. The lowest BCUT2D eigenvalue weighted by atomic mass is 9.80. The molecule has 1 fully saturated rings. The predicted octanol–water partition coefficient (Wildman–Crippen LogP) is 4.55. The summed E-state index contributed by atoms with van der Waals surface area (Å²) in [6, 6.07) is 5.88. The van der Waals surface area contributed by atoms with Crippen molar-refractivity contribution in [3.63, 3.8) is 0 Å². The average molecular weight is 284 g/mol. The van der Waals surface area contributed by atoms with E-state index < -0.39 is 0 Å². The number of benzene rings is 1. The lowest BCUT2D eigenvalue weighted by Crippen LogP contribution is -2.21. The van der Waals surface area contributed by atoms with E-state index >= 15 is 0 Å². The van der Waals surface area contributed by atoms with Crippen LogP contribution in [-0.4, -0.2) is 10.9 Å². The van der Waals surface area contributed by atoms with Crippen molar-refractivity contribution in [3.8, 4) is 0 Å². The summed E-state index contributed by atoms with van der Waals surface area (Å²) in [6.07, 6.45) is 3.86. The molecule has 2 atom stereocenters. The van der Waals surface area contributed by atoms with Crippen molar-refractivity contribution in [2.45, 2.75) is 39.5 Å². The largest absolute Gasteiger partial charge is 0.510 e. The summed E-state index contributed by atoms with van der Waals surface area (Å²) in [6.45, 7) is 3.99. The predicted molar refractivity (Wildman–Crippen MR) is 80.5 cm³/mol. The highest BCUT2D eigenvalue weighted by atomic mass is 16.3. The van der Waals surface area contributed by atoms with Crippen LogP contribution in [0.3, 0.4) is 0 Å². The van der Waals surface area contributed by atoms with Crippen LogP contribution in [-0.2, 0) is 4.79 Å². The first-order chi connectivity index (χ1) is 10.1. The third-order valence-electron chi connectivity index (χ3n) is 4.54. The first kappa shape index (κ1) is 14.0. The molecule has 0 radical (unpaired) electrons. The molecule has 1 aromatic rings. The Bertz CT molecular complexity index is 646. The Balaban J connectivity index is 1.88. The minimum atomic E-state index is -0.0770. The Morgan fingerprint density at radius 1 is 1.10 bits per heavy atom. The van der Waals surface area contributed by atoms with Crippen molar-refractivity contribution in [2.75, 3.05) is 0 Å². The zero-order chi connectivity index (χ0) is 15.0. The van der Waals surface area contributed by atoms with E-state index in [9.17, 15) is 9.90 Å². The van der Waals surface area contributed by atoms with Gasteiger partial charge in [0.2, 0.25) is 0 Å². The number of ketones is 1. The van der Waals surface area contributed by atoms with E-state index in [-0.39, 0.29) is 29.1 Å². The van der Waals surface area contributed by atoms with Crippen molar-refractivity contribution in [2.24, 2.45) is 22.1 Å². The molecule has 1 aromatic carbocycles. The molecule has 0 spiro atoms. The topological polar surface area (TPSA) is 62.0 Å². The van der Waals surface area contributed by atoms with E-state index in [4.69, 9.17) is 0 Å². The summed E-state index contributed by atoms with van der Waals surface area (Å²) in [4.78, 5) is 12.3. The maximum atomic E-state index is 12.3. The maximum Gasteiger partial charge on any atom is 0.190 e. The second kappa shape index (κ2) is 5.43. The molecule has 3 rings (SSSR count). The zero-order valence-electron chi connectivity index (χ0n) is 12.5. The molecule has 1 N–H and O–H groups in total. The lowest BCUT2D eigenvalue weighted by Gasteiger charge is -2.23. The van der Waals surface area contributed by atoms with E-state index in [0.717, 1.165) is 42.5 Å². The van der Waals surface area contributed by atoms with E-state index in [1.54, 1.807) is 0 Å². The molecule has 4 heteroatoms. The van der Waals surface area contributed by atoms with Crippen molar-refractivity contribution in [3.05, 3.63) is 40.8 Å². The standard InChI is InChI=1S/C17H20N2O2/c1-10-7-8-14(11(2)9-10)18-19-15-16(20)12-5-3-4-6-13(12)17(15)21/h7-9,12-13,20H,3-6H2,1-2H3. The zero-order valence-corrected chi connectivity index (χ0v) is 12.5. The number of allylic oxidation sites excluding steroid dienone is 2. The summed E-state index contributed by atoms with van der Waals surface area (Å²) >= 11 is 0. The quantitative estimate of drug-likeness (QED) is 0.810. The fourth-order valence-electron chi connectivity index (χ4n) is 3.37. The second-order valence-electron chi connectivity index (χ2n) is 6.09. The first-order valence-electron chi connectivity index (χ1n) is 7.54. The molecule has 2 unspecified atom stereocenters. The van der Waals surface area contributed by atoms with E-state index in [0.29, 0.717) is 0 Å². The third-order valence-corrected chi connectivity index (χ3v) is 4.54. The smallest absolute Gasteiger partial charge is 0.190 e. The van der Waals surface area contributed by atoms with Crippen LogP contribution in [0.5, 0.6) is 0 Å². The van der Waals surface area contributed by atoms with Crippen LogP contribution in [0.4, 0.5) is 5.69 Å². The van der Waals surface area contributed by atoms with Crippen molar-refractivity contribution < 1.29 is 9.90 Å². The third kappa shape index (κ3) is 2.50. The minimum absolute atomic E-state index is 0.0284. The van der Waals surface area contributed by atoms with E-state index in [1.165, 1.54) is 0 Å². The molecule has 0 bridgehead atoms. The van der Waals surface area contributed by atoms with E-state index in [2.05, 4.69) is 10.2 Å². The van der Waals surface area contributed by atoms with Gasteiger partial charge < -0.3 is 5.11 Å². The second-order valence-corrected chi connectivity index (χ2v) is 6.09. The Labute approximate surface area is 124 Å². The number of aryl methyl sites for hydroxylation is 2. The lowest BCUT2D eigenvalue weighted by molar-refractivity contribution is -0.120. The molecular formula is C17H20N2O2. The molecule has 0 heterocycles. The van der Waals surface area contributed by atoms with Crippen molar-refractivity contribution in [1.82, 2.24) is 0 Å². The number of azo groups is 1. The Kier molecular flexibility index (Phi) is 3.62. The molecule has 21 heavy (non-hydrogen) atoms. The van der Waals surface area contributed by atoms with Crippen LogP contribution in [0.2, 0.25) is 0 Å². The fourth-order valence-corrected chi connectivity index (χ4v) is 3.37. The van der Waals surface area contributed by atoms with Crippen LogP contribution in [0.1, 0.15) is 36.8 Å². The van der Waals surface area contributed by atoms with Crippen LogP contribution in [0.15, 0.2) is 39.9 Å². The van der Waals surface area contributed by atoms with Gasteiger partial charge in [0, 0.05) is 11.8 Å². The molecule has 0 aromatic heterocycles. The minimum Gasteiger partial charge on any atom is -0.510 e. The van der Waals surface area contributed by atoms with Gasteiger partial charge in [-0.3, -0.25) is 4.79 Å². The number of Topliss-reactive ketones (excluding diaryl/α,β-unsaturated/α-hetero) is 1. The summed E-state index contributed by atoms with van der Waals surface area (Å²) in [7, 11) is 0. The molecule has 0 amide bonds. The van der Waals surface area contributed by atoms with Gasteiger partial charge in [0.15, 0.2) is 11.5 Å². The maximum absolute atomic E-state index is 12.3. The Morgan fingerprint density at radius 2 is 1.81 bits per heavy atom. The molecule has 1 saturated carbocycles. The number of hydrogen-bond donors (Lipinski definition) is 1. The SMILES string of the molecule is Cc1ccc(N=NC2=C(O)C3CCCCC3C2=O)c(C)c1. The summed E-state index contributed by atoms with van der Waals surface area (Å²) in [5, 5.41) is 18.5. The highest BCUT2D eigenvalue weighted by molar-refractivity contribution is 6.00. The van der Waals surface area contributed by atoms with Gasteiger partial charge in [-0.25, -0.2) is 0 Å². The summed E-state index contributed by atoms with van der Waals surface area (Å²) < 4.78 is 0. The summed E-state index contributed by atoms with van der Waals surface area (Å²) in [5.41, 5.74) is 3.09. The molecule has 0 saturated heterocycles. The molecular weight excluding hydrogens is 264 g/mol. The first-order valence-corrected chi connectivity index (χ1v) is 7.54. The van der Waals surface area contributed by atoms with Crippen molar-refractivity contribution in [1.29, 1.82) is 0 Å². The number of fused-ring (bicyclic) bond motifs is 1. The number of carbonyl (C=O) groups excluding carboxylic acids is 1. The van der Waals surface area contributed by atoms with E-state index in [1.807, 2.05) is 32.0 Å². The average Bonchev–Trinajstić information content (AvgIpc) is 2.71. The molecule has 2 aliphatic carbocycles. The fraction of sp³-hybridized carbons (Fsp3) is 0.471. The normalized spacial score (nSPS) is 25.7. The number of rotatable bonds is 2. The number of nitrogens with zero attached hydrogens (tertiary/aromatic N) is 2. The van der Waals surface area contributed by atoms with Crippen LogP contribution in [0, 0.1) is 25.7 Å². The van der Waals surface area contributed by atoms with Crippen molar-refractivity contribution >= 4 is 11.5 Å². The number of hydrogen-bond acceptors (Lipinski definition) is 4. The van der Waals surface area contributed by atoms with Gasteiger partial charge in [-0.2, -0.15) is 5.11 Å². The van der Waals surface area contributed by atoms with Crippen LogP contribution < -0.4 is 0 Å². The van der Waals surface area contributed by atoms with Crippen LogP contribution >= 0.6 is 0 Å². The van der Waals surface area contributed by atoms with Gasteiger partial charge >= 0.3 is 0 Å².